The first-order valence-electron chi connectivity index (χ1n) is 8.41. The van der Waals surface area contributed by atoms with Crippen LogP contribution in [-0.2, 0) is 0 Å². The van der Waals surface area contributed by atoms with Crippen LogP contribution in [0, 0.1) is 19.3 Å². The number of fused-ring (bicyclic) bond motifs is 1. The fourth-order valence-electron chi connectivity index (χ4n) is 3.17. The van der Waals surface area contributed by atoms with Gasteiger partial charge in [0.15, 0.2) is 0 Å². The average molecular weight is 425 g/mol. The second-order valence-electron chi connectivity index (χ2n) is 6.60. The normalized spacial score (nSPS) is 14.5. The van der Waals surface area contributed by atoms with E-state index < -0.39 is 0 Å². The third-order valence-electron chi connectivity index (χ3n) is 4.81. The van der Waals surface area contributed by atoms with Gasteiger partial charge in [0.2, 0.25) is 0 Å². The lowest BCUT2D eigenvalue weighted by Gasteiger charge is -2.20. The van der Waals surface area contributed by atoms with E-state index >= 15 is 0 Å². The zero-order valence-electron chi connectivity index (χ0n) is 14.8. The number of H-pyrrole nitrogens is 1. The van der Waals surface area contributed by atoms with Crippen LogP contribution >= 0.6 is 15.9 Å². The van der Waals surface area contributed by atoms with Crippen LogP contribution in [0.1, 0.15) is 17.0 Å². The minimum atomic E-state index is -0.311. The number of nitrogens with one attached hydrogen (secondary N) is 2. The van der Waals surface area contributed by atoms with Gasteiger partial charge >= 0.3 is 0 Å². The fourth-order valence-corrected chi connectivity index (χ4v) is 3.53. The zero-order chi connectivity index (χ0) is 19.3. The molecule has 0 radical (unpaired) electrons. The molecule has 1 aliphatic heterocycles. The van der Waals surface area contributed by atoms with Crippen molar-refractivity contribution in [3.05, 3.63) is 73.9 Å². The summed E-state index contributed by atoms with van der Waals surface area (Å²) < 4.78 is 0.784. The van der Waals surface area contributed by atoms with Crippen LogP contribution in [0.15, 0.2) is 51.4 Å². The van der Waals surface area contributed by atoms with E-state index in [4.69, 9.17) is 5.41 Å². The number of hydrogen-bond donors (Lipinski definition) is 3. The number of halogens is 1. The maximum atomic E-state index is 12.5. The summed E-state index contributed by atoms with van der Waals surface area (Å²) in [5, 5.41) is 19.5. The lowest BCUT2D eigenvalue weighted by molar-refractivity contribution is 0.411. The van der Waals surface area contributed by atoms with E-state index in [0.717, 1.165) is 21.3 Å². The van der Waals surface area contributed by atoms with Crippen LogP contribution in [-0.4, -0.2) is 27.5 Å². The van der Waals surface area contributed by atoms with Gasteiger partial charge in [-0.15, -0.1) is 0 Å². The van der Waals surface area contributed by atoms with E-state index in [1.165, 1.54) is 0 Å². The minimum absolute atomic E-state index is 0.0119. The highest BCUT2D eigenvalue weighted by atomic mass is 79.9. The standard InChI is InChI=1S/C20H17BrN4O2/c1-10-3-5-13(7-11(10)2)25-9-16(26)17(18(25)22)19-23-15-6-4-12(21)8-14(15)20(27)24-19/h3-8,22,26H,9H2,1-2H3,(H,23,24,27). The zero-order valence-corrected chi connectivity index (χ0v) is 16.4. The van der Waals surface area contributed by atoms with Gasteiger partial charge in [0.05, 0.1) is 23.0 Å². The number of nitrogens with zero attached hydrogens (tertiary/aromatic N) is 2. The highest BCUT2D eigenvalue weighted by molar-refractivity contribution is 9.10. The van der Waals surface area contributed by atoms with Crippen molar-refractivity contribution in [1.82, 2.24) is 9.97 Å². The number of aliphatic hydroxyl groups is 1. The van der Waals surface area contributed by atoms with Gasteiger partial charge in [-0.2, -0.15) is 0 Å². The molecule has 27 heavy (non-hydrogen) atoms. The first-order valence-corrected chi connectivity index (χ1v) is 9.20. The molecule has 7 heteroatoms. The molecular weight excluding hydrogens is 408 g/mol. The Morgan fingerprint density at radius 3 is 2.70 bits per heavy atom. The molecule has 0 atom stereocenters. The number of benzene rings is 2. The molecule has 3 N–H and O–H groups in total. The average Bonchev–Trinajstić information content (AvgIpc) is 2.92. The van der Waals surface area contributed by atoms with Crippen molar-refractivity contribution in [2.45, 2.75) is 13.8 Å². The van der Waals surface area contributed by atoms with Gasteiger partial charge in [0.25, 0.3) is 5.56 Å². The van der Waals surface area contributed by atoms with E-state index in [1.54, 1.807) is 23.1 Å². The number of aryl methyl sites for hydroxylation is 2. The summed E-state index contributed by atoms with van der Waals surface area (Å²) in [6.07, 6.45) is 0. The van der Waals surface area contributed by atoms with Gasteiger partial charge in [0, 0.05) is 10.2 Å². The Balaban J connectivity index is 1.78. The molecule has 0 saturated heterocycles. The highest BCUT2D eigenvalue weighted by Crippen LogP contribution is 2.30. The van der Waals surface area contributed by atoms with E-state index in [0.29, 0.717) is 10.9 Å². The van der Waals surface area contributed by atoms with Gasteiger partial charge in [-0.05, 0) is 55.3 Å². The monoisotopic (exact) mass is 424 g/mol. The summed E-state index contributed by atoms with van der Waals surface area (Å²) >= 11 is 3.34. The smallest absolute Gasteiger partial charge is 0.259 e. The van der Waals surface area contributed by atoms with Crippen molar-refractivity contribution in [2.24, 2.45) is 0 Å². The number of amidine groups is 1. The van der Waals surface area contributed by atoms with Crippen LogP contribution in [0.5, 0.6) is 0 Å². The second-order valence-corrected chi connectivity index (χ2v) is 7.52. The van der Waals surface area contributed by atoms with Crippen molar-refractivity contribution in [3.8, 4) is 0 Å². The number of aromatic amines is 1. The molecule has 2 heterocycles. The first-order chi connectivity index (χ1) is 12.8. The number of anilines is 1. The van der Waals surface area contributed by atoms with Gasteiger partial charge in [-0.25, -0.2) is 4.98 Å². The molecule has 2 aromatic carbocycles. The number of aliphatic hydroxyl groups excluding tert-OH is 1. The predicted molar refractivity (Wildman–Crippen MR) is 111 cm³/mol. The molecule has 3 aromatic rings. The van der Waals surface area contributed by atoms with E-state index in [1.807, 2.05) is 32.0 Å². The lowest BCUT2D eigenvalue weighted by atomic mass is 10.1. The molecule has 0 fully saturated rings. The summed E-state index contributed by atoms with van der Waals surface area (Å²) in [4.78, 5) is 21.3. The van der Waals surface area contributed by atoms with Gasteiger partial charge in [0.1, 0.15) is 17.4 Å². The number of rotatable bonds is 2. The Bertz CT molecular complexity index is 1200. The second kappa shape index (κ2) is 6.35. The van der Waals surface area contributed by atoms with Gasteiger partial charge in [-0.1, -0.05) is 22.0 Å². The summed E-state index contributed by atoms with van der Waals surface area (Å²) in [5.74, 6) is 0.317. The topological polar surface area (TPSA) is 93.1 Å². The highest BCUT2D eigenvalue weighted by Gasteiger charge is 2.31. The number of aromatic nitrogens is 2. The fraction of sp³-hybridized carbons (Fsp3) is 0.150. The molecule has 0 unspecified atom stereocenters. The Kier molecular flexibility index (Phi) is 4.11. The maximum Gasteiger partial charge on any atom is 0.259 e. The largest absolute Gasteiger partial charge is 0.509 e. The molecule has 136 valence electrons. The van der Waals surface area contributed by atoms with Crippen LogP contribution in [0.25, 0.3) is 16.5 Å². The summed E-state index contributed by atoms with van der Waals surface area (Å²) in [6.45, 7) is 4.20. The molecule has 0 saturated carbocycles. The Morgan fingerprint density at radius 2 is 1.96 bits per heavy atom. The molecule has 0 bridgehead atoms. The third-order valence-corrected chi connectivity index (χ3v) is 5.30. The SMILES string of the molecule is Cc1ccc(N2CC(O)=C(c3nc4ccc(Br)cc4c(=O)[nH]3)C2=N)cc1C. The van der Waals surface area contributed by atoms with E-state index in [9.17, 15) is 9.90 Å². The van der Waals surface area contributed by atoms with Crippen LogP contribution < -0.4 is 10.5 Å². The first kappa shape index (κ1) is 17.5. The molecule has 1 aromatic heterocycles. The van der Waals surface area contributed by atoms with Gasteiger partial charge in [-0.3, -0.25) is 10.2 Å². The molecule has 1 aliphatic rings. The maximum absolute atomic E-state index is 12.5. The lowest BCUT2D eigenvalue weighted by Crippen LogP contribution is -2.26. The van der Waals surface area contributed by atoms with E-state index in [2.05, 4.69) is 25.9 Å². The Hall–Kier alpha value is -2.93. The molecule has 0 amide bonds. The minimum Gasteiger partial charge on any atom is -0.509 e. The quantitative estimate of drug-likeness (QED) is 0.577. The summed E-state index contributed by atoms with van der Waals surface area (Å²) in [7, 11) is 0. The summed E-state index contributed by atoms with van der Waals surface area (Å²) in [6, 6.07) is 11.1. The Labute approximate surface area is 163 Å². The Morgan fingerprint density at radius 1 is 1.19 bits per heavy atom. The third kappa shape index (κ3) is 2.94. The van der Waals surface area contributed by atoms with E-state index in [-0.39, 0.29) is 35.1 Å². The van der Waals surface area contributed by atoms with Crippen LogP contribution in [0.2, 0.25) is 0 Å². The van der Waals surface area contributed by atoms with Crippen molar-refractivity contribution in [2.75, 3.05) is 11.4 Å². The van der Waals surface area contributed by atoms with Crippen molar-refractivity contribution >= 4 is 43.9 Å². The molecule has 4 rings (SSSR count). The summed E-state index contributed by atoms with van der Waals surface area (Å²) in [5.41, 5.74) is 3.53. The molecule has 0 spiro atoms. The van der Waals surface area contributed by atoms with Crippen molar-refractivity contribution in [1.29, 1.82) is 5.41 Å². The van der Waals surface area contributed by atoms with Crippen molar-refractivity contribution < 1.29 is 5.11 Å². The van der Waals surface area contributed by atoms with Crippen LogP contribution in [0.4, 0.5) is 5.69 Å². The van der Waals surface area contributed by atoms with Gasteiger partial charge < -0.3 is 15.0 Å². The molecule has 0 aliphatic carbocycles. The molecule has 6 nitrogen and oxygen atoms in total. The predicted octanol–water partition coefficient (Wildman–Crippen LogP) is 4.07. The molecular formula is C20H17BrN4O2. The van der Waals surface area contributed by atoms with Crippen LogP contribution in [0.3, 0.4) is 0 Å². The number of hydrogen-bond acceptors (Lipinski definition) is 4. The van der Waals surface area contributed by atoms with Crippen molar-refractivity contribution in [3.63, 3.8) is 0 Å².